The van der Waals surface area contributed by atoms with Crippen LogP contribution < -0.4 is 4.90 Å². The van der Waals surface area contributed by atoms with Gasteiger partial charge in [0.15, 0.2) is 0 Å². The van der Waals surface area contributed by atoms with E-state index in [1.54, 1.807) is 11.8 Å². The zero-order valence-corrected chi connectivity index (χ0v) is 9.27. The summed E-state index contributed by atoms with van der Waals surface area (Å²) in [5, 5.41) is 8.77. The SMILES string of the molecule is CC(=O)N1c2ccccc2/C(=C/C#N)C1C. The molecule has 0 saturated carbocycles. The normalized spacial score (nSPS) is 20.7. The Bertz CT molecular complexity index is 511. The molecule has 1 aromatic rings. The highest BCUT2D eigenvalue weighted by Crippen LogP contribution is 2.39. The van der Waals surface area contributed by atoms with Gasteiger partial charge in [-0.3, -0.25) is 4.79 Å². The zero-order valence-electron chi connectivity index (χ0n) is 9.27. The number of hydrogen-bond donors (Lipinski definition) is 0. The van der Waals surface area contributed by atoms with Crippen molar-refractivity contribution in [3.8, 4) is 6.07 Å². The number of amides is 1. The van der Waals surface area contributed by atoms with Crippen molar-refractivity contribution in [1.29, 1.82) is 5.26 Å². The van der Waals surface area contributed by atoms with Gasteiger partial charge in [0.1, 0.15) is 0 Å². The van der Waals surface area contributed by atoms with Crippen LogP contribution in [0.5, 0.6) is 0 Å². The van der Waals surface area contributed by atoms with Crippen molar-refractivity contribution < 1.29 is 4.79 Å². The number of hydrogen-bond acceptors (Lipinski definition) is 2. The summed E-state index contributed by atoms with van der Waals surface area (Å²) in [6.45, 7) is 3.48. The van der Waals surface area contributed by atoms with Crippen LogP contribution in [0.15, 0.2) is 30.3 Å². The molecule has 80 valence electrons. The molecule has 0 aromatic heterocycles. The molecular formula is C13H12N2O. The van der Waals surface area contributed by atoms with Crippen LogP contribution >= 0.6 is 0 Å². The van der Waals surface area contributed by atoms with Crippen molar-refractivity contribution in [2.45, 2.75) is 19.9 Å². The molecule has 0 spiro atoms. The van der Waals surface area contributed by atoms with Crippen molar-refractivity contribution in [3.63, 3.8) is 0 Å². The first-order valence-corrected chi connectivity index (χ1v) is 5.15. The zero-order chi connectivity index (χ0) is 11.7. The number of anilines is 1. The number of rotatable bonds is 0. The van der Waals surface area contributed by atoms with Gasteiger partial charge in [0, 0.05) is 18.6 Å². The van der Waals surface area contributed by atoms with Gasteiger partial charge in [0.25, 0.3) is 0 Å². The van der Waals surface area contributed by atoms with Gasteiger partial charge in [-0.25, -0.2) is 0 Å². The molecule has 2 rings (SSSR count). The summed E-state index contributed by atoms with van der Waals surface area (Å²) in [4.78, 5) is 13.3. The molecule has 0 fully saturated rings. The standard InChI is InChI=1S/C13H12N2O/c1-9-11(7-8-14)12-5-3-4-6-13(12)15(9)10(2)16/h3-7,9H,1-2H3/b11-7+. The molecule has 1 atom stereocenters. The van der Waals surface area contributed by atoms with E-state index in [4.69, 9.17) is 5.26 Å². The minimum Gasteiger partial charge on any atom is -0.305 e. The Hall–Kier alpha value is -2.08. The first-order chi connectivity index (χ1) is 7.66. The molecule has 3 nitrogen and oxygen atoms in total. The van der Waals surface area contributed by atoms with Gasteiger partial charge < -0.3 is 4.90 Å². The van der Waals surface area contributed by atoms with Crippen molar-refractivity contribution in [2.24, 2.45) is 0 Å². The molecule has 0 radical (unpaired) electrons. The molecule has 0 saturated heterocycles. The number of nitriles is 1. The largest absolute Gasteiger partial charge is 0.305 e. The van der Waals surface area contributed by atoms with Gasteiger partial charge in [0.2, 0.25) is 5.91 Å². The van der Waals surface area contributed by atoms with Crippen LogP contribution in [0, 0.1) is 11.3 Å². The van der Waals surface area contributed by atoms with Crippen LogP contribution in [0.4, 0.5) is 5.69 Å². The van der Waals surface area contributed by atoms with Crippen LogP contribution in [0.25, 0.3) is 5.57 Å². The van der Waals surface area contributed by atoms with E-state index in [1.165, 1.54) is 6.08 Å². The monoisotopic (exact) mass is 212 g/mol. The van der Waals surface area contributed by atoms with Crippen molar-refractivity contribution in [3.05, 3.63) is 35.9 Å². The quantitative estimate of drug-likeness (QED) is 0.619. The number of para-hydroxylation sites is 1. The van der Waals surface area contributed by atoms with E-state index in [1.807, 2.05) is 37.3 Å². The molecule has 16 heavy (non-hydrogen) atoms. The molecule has 3 heteroatoms. The van der Waals surface area contributed by atoms with Gasteiger partial charge in [0.05, 0.1) is 17.8 Å². The number of carbonyl (C=O) groups excluding carboxylic acids is 1. The topological polar surface area (TPSA) is 44.1 Å². The maximum atomic E-state index is 11.6. The molecule has 1 amide bonds. The van der Waals surface area contributed by atoms with Gasteiger partial charge in [-0.2, -0.15) is 5.26 Å². The maximum absolute atomic E-state index is 11.6. The fourth-order valence-electron chi connectivity index (χ4n) is 2.21. The lowest BCUT2D eigenvalue weighted by molar-refractivity contribution is -0.116. The molecule has 0 N–H and O–H groups in total. The third-order valence-electron chi connectivity index (χ3n) is 2.87. The van der Waals surface area contributed by atoms with Gasteiger partial charge in [-0.05, 0) is 18.6 Å². The summed E-state index contributed by atoms with van der Waals surface area (Å²) < 4.78 is 0. The van der Waals surface area contributed by atoms with Crippen LogP contribution in [0.1, 0.15) is 19.4 Å². The molecular weight excluding hydrogens is 200 g/mol. The smallest absolute Gasteiger partial charge is 0.224 e. The molecule has 0 aliphatic carbocycles. The Morgan fingerprint density at radius 1 is 1.50 bits per heavy atom. The fourth-order valence-corrected chi connectivity index (χ4v) is 2.21. The Morgan fingerprint density at radius 3 is 2.81 bits per heavy atom. The lowest BCUT2D eigenvalue weighted by Gasteiger charge is -2.20. The first kappa shape index (κ1) is 10.4. The summed E-state index contributed by atoms with van der Waals surface area (Å²) >= 11 is 0. The van der Waals surface area contributed by atoms with E-state index >= 15 is 0 Å². The van der Waals surface area contributed by atoms with Crippen molar-refractivity contribution in [2.75, 3.05) is 4.90 Å². The Kier molecular flexibility index (Phi) is 2.49. The summed E-state index contributed by atoms with van der Waals surface area (Å²) in [6.07, 6.45) is 1.52. The number of carbonyl (C=O) groups is 1. The molecule has 1 aromatic carbocycles. The lowest BCUT2D eigenvalue weighted by atomic mass is 10.0. The minimum absolute atomic E-state index is 0.00119. The number of nitrogens with zero attached hydrogens (tertiary/aromatic N) is 2. The fraction of sp³-hybridized carbons (Fsp3) is 0.231. The maximum Gasteiger partial charge on any atom is 0.224 e. The summed E-state index contributed by atoms with van der Waals surface area (Å²) in [5.41, 5.74) is 2.78. The van der Waals surface area contributed by atoms with Crippen LogP contribution in [0.3, 0.4) is 0 Å². The Balaban J connectivity index is 2.63. The Labute approximate surface area is 94.6 Å². The molecule has 0 bridgehead atoms. The first-order valence-electron chi connectivity index (χ1n) is 5.15. The predicted octanol–water partition coefficient (Wildman–Crippen LogP) is 2.35. The van der Waals surface area contributed by atoms with Gasteiger partial charge in [-0.15, -0.1) is 0 Å². The Morgan fingerprint density at radius 2 is 2.19 bits per heavy atom. The summed E-state index contributed by atoms with van der Waals surface area (Å²) in [7, 11) is 0. The molecule has 1 unspecified atom stereocenters. The van der Waals surface area contributed by atoms with E-state index < -0.39 is 0 Å². The van der Waals surface area contributed by atoms with Crippen LogP contribution in [0.2, 0.25) is 0 Å². The van der Waals surface area contributed by atoms with E-state index in [2.05, 4.69) is 0 Å². The number of fused-ring (bicyclic) bond motifs is 1. The average molecular weight is 212 g/mol. The third kappa shape index (κ3) is 1.40. The van der Waals surface area contributed by atoms with E-state index in [0.29, 0.717) is 0 Å². The second kappa shape index (κ2) is 3.82. The van der Waals surface area contributed by atoms with E-state index in [-0.39, 0.29) is 11.9 Å². The average Bonchev–Trinajstić information content (AvgIpc) is 2.53. The number of benzene rings is 1. The third-order valence-corrected chi connectivity index (χ3v) is 2.87. The molecule has 1 heterocycles. The minimum atomic E-state index is -0.0606. The predicted molar refractivity (Wildman–Crippen MR) is 62.7 cm³/mol. The highest BCUT2D eigenvalue weighted by Gasteiger charge is 2.32. The highest BCUT2D eigenvalue weighted by molar-refractivity contribution is 6.03. The molecule has 1 aliphatic rings. The highest BCUT2D eigenvalue weighted by atomic mass is 16.2. The summed E-state index contributed by atoms with van der Waals surface area (Å²) in [5.74, 6) is 0.00119. The second-order valence-corrected chi connectivity index (χ2v) is 3.81. The molecule has 1 aliphatic heterocycles. The van der Waals surface area contributed by atoms with Crippen LogP contribution in [-0.2, 0) is 4.79 Å². The van der Waals surface area contributed by atoms with E-state index in [9.17, 15) is 4.79 Å². The van der Waals surface area contributed by atoms with E-state index in [0.717, 1.165) is 16.8 Å². The van der Waals surface area contributed by atoms with Crippen molar-refractivity contribution >= 4 is 17.2 Å². The van der Waals surface area contributed by atoms with Crippen LogP contribution in [-0.4, -0.2) is 11.9 Å². The summed E-state index contributed by atoms with van der Waals surface area (Å²) in [6, 6.07) is 9.65. The van der Waals surface area contributed by atoms with Gasteiger partial charge >= 0.3 is 0 Å². The number of allylic oxidation sites excluding steroid dienone is 1. The van der Waals surface area contributed by atoms with Crippen molar-refractivity contribution in [1.82, 2.24) is 0 Å². The second-order valence-electron chi connectivity index (χ2n) is 3.81. The lowest BCUT2D eigenvalue weighted by Crippen LogP contribution is -2.33. The van der Waals surface area contributed by atoms with Gasteiger partial charge in [-0.1, -0.05) is 18.2 Å².